The molecule has 0 aromatic heterocycles. The van der Waals surface area contributed by atoms with Crippen LogP contribution >= 0.6 is 0 Å². The fourth-order valence-corrected chi connectivity index (χ4v) is 3.81. The van der Waals surface area contributed by atoms with Gasteiger partial charge in [-0.1, -0.05) is 30.3 Å². The first kappa shape index (κ1) is 13.6. The van der Waals surface area contributed by atoms with E-state index in [1.54, 1.807) is 24.3 Å². The second-order valence-electron chi connectivity index (χ2n) is 4.67. The highest BCUT2D eigenvalue weighted by molar-refractivity contribution is 7.90. The largest absolute Gasteiger partial charge is 0.398 e. The monoisotopic (exact) mass is 275 g/mol. The predicted octanol–water partition coefficient (Wildman–Crippen LogP) is 2.86. The average molecular weight is 275 g/mol. The predicted molar refractivity (Wildman–Crippen MR) is 77.7 cm³/mol. The first-order chi connectivity index (χ1) is 8.92. The summed E-state index contributed by atoms with van der Waals surface area (Å²) in [7, 11) is -3.41. The lowest BCUT2D eigenvalue weighted by Crippen LogP contribution is -2.09. The number of hydrogen-bond donors (Lipinski definition) is 1. The molecule has 19 heavy (non-hydrogen) atoms. The summed E-state index contributed by atoms with van der Waals surface area (Å²) in [5, 5.41) is 0. The molecule has 0 heterocycles. The highest BCUT2D eigenvalue weighted by atomic mass is 32.2. The number of hydrogen-bond acceptors (Lipinski definition) is 3. The number of rotatable bonds is 3. The van der Waals surface area contributed by atoms with Gasteiger partial charge in [0.05, 0.1) is 16.3 Å². The maximum Gasteiger partial charge on any atom is 0.184 e. The minimum atomic E-state index is -3.41. The van der Waals surface area contributed by atoms with Crippen molar-refractivity contribution in [1.29, 1.82) is 0 Å². The highest BCUT2D eigenvalue weighted by Crippen LogP contribution is 2.24. The van der Waals surface area contributed by atoms with Gasteiger partial charge in [-0.25, -0.2) is 8.42 Å². The number of aryl methyl sites for hydroxylation is 2. The Morgan fingerprint density at radius 3 is 2.11 bits per heavy atom. The molecule has 0 atom stereocenters. The Labute approximate surface area is 114 Å². The zero-order chi connectivity index (χ0) is 14.0. The summed E-state index contributed by atoms with van der Waals surface area (Å²) >= 11 is 0. The van der Waals surface area contributed by atoms with Crippen molar-refractivity contribution in [3.8, 4) is 0 Å². The second-order valence-corrected chi connectivity index (χ2v) is 6.63. The van der Waals surface area contributed by atoms with Crippen LogP contribution in [0.1, 0.15) is 16.7 Å². The van der Waals surface area contributed by atoms with Crippen LogP contribution in [-0.4, -0.2) is 8.42 Å². The van der Waals surface area contributed by atoms with Crippen LogP contribution in [-0.2, 0) is 15.6 Å². The SMILES string of the molecule is Cc1cccc(C)c1CS(=O)(=O)c1ccccc1N. The normalized spacial score (nSPS) is 11.5. The van der Waals surface area contributed by atoms with E-state index in [4.69, 9.17) is 5.73 Å². The molecule has 0 aliphatic carbocycles. The lowest BCUT2D eigenvalue weighted by Gasteiger charge is -2.11. The second kappa shape index (κ2) is 5.05. The van der Waals surface area contributed by atoms with E-state index >= 15 is 0 Å². The smallest absolute Gasteiger partial charge is 0.184 e. The zero-order valence-electron chi connectivity index (χ0n) is 11.1. The maximum absolute atomic E-state index is 12.4. The van der Waals surface area contributed by atoms with Gasteiger partial charge in [-0.2, -0.15) is 0 Å². The lowest BCUT2D eigenvalue weighted by molar-refractivity contribution is 0.595. The van der Waals surface area contributed by atoms with Gasteiger partial charge in [-0.15, -0.1) is 0 Å². The molecule has 0 unspecified atom stereocenters. The Bertz CT molecular complexity index is 686. The minimum Gasteiger partial charge on any atom is -0.398 e. The standard InChI is InChI=1S/C15H17NO2S/c1-11-6-5-7-12(2)13(11)10-19(17,18)15-9-4-3-8-14(15)16/h3-9H,10,16H2,1-2H3. The highest BCUT2D eigenvalue weighted by Gasteiger charge is 2.19. The third kappa shape index (κ3) is 2.79. The molecule has 2 aromatic carbocycles. The van der Waals surface area contributed by atoms with Crippen LogP contribution in [0.4, 0.5) is 5.69 Å². The number of benzene rings is 2. The van der Waals surface area contributed by atoms with Crippen molar-refractivity contribution in [1.82, 2.24) is 0 Å². The van der Waals surface area contributed by atoms with Crippen molar-refractivity contribution in [2.75, 3.05) is 5.73 Å². The van der Waals surface area contributed by atoms with Crippen LogP contribution in [0.5, 0.6) is 0 Å². The third-order valence-electron chi connectivity index (χ3n) is 3.23. The van der Waals surface area contributed by atoms with Crippen LogP contribution in [0.15, 0.2) is 47.4 Å². The Morgan fingerprint density at radius 2 is 1.53 bits per heavy atom. The Balaban J connectivity index is 2.46. The summed E-state index contributed by atoms with van der Waals surface area (Å²) in [5.74, 6) is -0.0142. The molecule has 2 rings (SSSR count). The Kier molecular flexibility index (Phi) is 3.62. The van der Waals surface area contributed by atoms with Crippen molar-refractivity contribution >= 4 is 15.5 Å². The zero-order valence-corrected chi connectivity index (χ0v) is 11.9. The fraction of sp³-hybridized carbons (Fsp3) is 0.200. The van der Waals surface area contributed by atoms with Crippen molar-refractivity contribution in [3.63, 3.8) is 0 Å². The number of sulfone groups is 1. The van der Waals surface area contributed by atoms with E-state index in [0.29, 0.717) is 5.69 Å². The van der Waals surface area contributed by atoms with Gasteiger partial charge in [0, 0.05) is 0 Å². The molecule has 0 radical (unpaired) electrons. The van der Waals surface area contributed by atoms with Gasteiger partial charge in [0.1, 0.15) is 0 Å². The minimum absolute atomic E-state index is 0.0142. The Hall–Kier alpha value is -1.81. The van der Waals surface area contributed by atoms with Gasteiger partial charge in [-0.3, -0.25) is 0 Å². The van der Waals surface area contributed by atoms with E-state index in [1.807, 2.05) is 32.0 Å². The van der Waals surface area contributed by atoms with Crippen molar-refractivity contribution in [3.05, 3.63) is 59.2 Å². The number of para-hydroxylation sites is 1. The van der Waals surface area contributed by atoms with Gasteiger partial charge in [-0.05, 0) is 42.7 Å². The number of anilines is 1. The molecule has 0 saturated heterocycles. The van der Waals surface area contributed by atoms with E-state index in [0.717, 1.165) is 16.7 Å². The van der Waals surface area contributed by atoms with E-state index in [-0.39, 0.29) is 10.6 Å². The molecule has 4 heteroatoms. The van der Waals surface area contributed by atoms with Gasteiger partial charge >= 0.3 is 0 Å². The van der Waals surface area contributed by atoms with E-state index < -0.39 is 9.84 Å². The average Bonchev–Trinajstić information content (AvgIpc) is 2.34. The maximum atomic E-state index is 12.4. The van der Waals surface area contributed by atoms with Crippen LogP contribution in [0.2, 0.25) is 0 Å². The molecule has 2 aromatic rings. The van der Waals surface area contributed by atoms with E-state index in [2.05, 4.69) is 0 Å². The van der Waals surface area contributed by atoms with Crippen LogP contribution < -0.4 is 5.73 Å². The molecule has 0 aliphatic rings. The van der Waals surface area contributed by atoms with E-state index in [1.165, 1.54) is 0 Å². The van der Waals surface area contributed by atoms with Crippen molar-refractivity contribution in [2.45, 2.75) is 24.5 Å². The molecule has 0 fully saturated rings. The quantitative estimate of drug-likeness (QED) is 0.876. The lowest BCUT2D eigenvalue weighted by atomic mass is 10.1. The summed E-state index contributed by atoms with van der Waals surface area (Å²) < 4.78 is 24.9. The van der Waals surface area contributed by atoms with Gasteiger partial charge in [0.15, 0.2) is 9.84 Å². The fourth-order valence-electron chi connectivity index (χ4n) is 2.11. The first-order valence-corrected chi connectivity index (χ1v) is 7.69. The molecule has 100 valence electrons. The van der Waals surface area contributed by atoms with Gasteiger partial charge in [0.2, 0.25) is 0 Å². The molecular weight excluding hydrogens is 258 g/mol. The Morgan fingerprint density at radius 1 is 0.947 bits per heavy atom. The topological polar surface area (TPSA) is 60.2 Å². The summed E-state index contributed by atoms with van der Waals surface area (Å²) in [5.41, 5.74) is 8.88. The molecule has 2 N–H and O–H groups in total. The summed E-state index contributed by atoms with van der Waals surface area (Å²) in [6.45, 7) is 3.85. The van der Waals surface area contributed by atoms with E-state index in [9.17, 15) is 8.42 Å². The van der Waals surface area contributed by atoms with Gasteiger partial charge in [0.25, 0.3) is 0 Å². The summed E-state index contributed by atoms with van der Waals surface area (Å²) in [4.78, 5) is 0.206. The van der Waals surface area contributed by atoms with Gasteiger partial charge < -0.3 is 5.73 Å². The van der Waals surface area contributed by atoms with Crippen molar-refractivity contribution in [2.24, 2.45) is 0 Å². The molecule has 0 aliphatic heterocycles. The summed E-state index contributed by atoms with van der Waals surface area (Å²) in [6, 6.07) is 12.4. The first-order valence-electron chi connectivity index (χ1n) is 6.04. The molecule has 0 amide bonds. The molecule has 3 nitrogen and oxygen atoms in total. The molecular formula is C15H17NO2S. The van der Waals surface area contributed by atoms with Crippen molar-refractivity contribution < 1.29 is 8.42 Å². The molecule has 0 saturated carbocycles. The number of nitrogens with two attached hydrogens (primary N) is 1. The molecule has 0 spiro atoms. The van der Waals surface area contributed by atoms with Crippen LogP contribution in [0.25, 0.3) is 0 Å². The third-order valence-corrected chi connectivity index (χ3v) is 4.94. The van der Waals surface area contributed by atoms with Crippen LogP contribution in [0.3, 0.4) is 0 Å². The number of nitrogen functional groups attached to an aromatic ring is 1. The summed E-state index contributed by atoms with van der Waals surface area (Å²) in [6.07, 6.45) is 0. The van der Waals surface area contributed by atoms with Crippen LogP contribution in [0, 0.1) is 13.8 Å². The molecule has 0 bridgehead atoms.